The van der Waals surface area contributed by atoms with Crippen LogP contribution in [0.3, 0.4) is 0 Å². The van der Waals surface area contributed by atoms with Crippen LogP contribution in [-0.2, 0) is 22.6 Å². The maximum Gasteiger partial charge on any atom is 0.227 e. The largest absolute Gasteiger partial charge is 0.348 e. The van der Waals surface area contributed by atoms with E-state index in [-0.39, 0.29) is 18.2 Å². The number of nitrogens with one attached hydrogen (secondary N) is 1. The highest BCUT2D eigenvalue weighted by atomic mass is 16.2. The Labute approximate surface area is 150 Å². The van der Waals surface area contributed by atoms with Crippen molar-refractivity contribution in [3.8, 4) is 0 Å². The number of fused-ring (bicyclic) bond motifs is 1. The Balaban J connectivity index is 1.35. The first-order valence-corrected chi connectivity index (χ1v) is 8.65. The van der Waals surface area contributed by atoms with E-state index in [2.05, 4.69) is 15.5 Å². The molecule has 4 rings (SSSR count). The van der Waals surface area contributed by atoms with Crippen LogP contribution in [0.1, 0.15) is 24.2 Å². The molecule has 7 nitrogen and oxygen atoms in total. The molecule has 0 unspecified atom stereocenters. The van der Waals surface area contributed by atoms with Crippen molar-refractivity contribution in [1.29, 1.82) is 0 Å². The number of carbonyl (C=O) groups excluding carboxylic acids is 2. The number of benzene rings is 1. The average molecular weight is 349 g/mol. The smallest absolute Gasteiger partial charge is 0.227 e. The van der Waals surface area contributed by atoms with Gasteiger partial charge in [0.15, 0.2) is 11.5 Å². The second-order valence-corrected chi connectivity index (χ2v) is 6.31. The standard InChI is InChI=1S/C19H19N5O2/c25-18(20-13-17-22-21-16-4-1-2-10-24(16)17)12-14-6-8-15(9-7-14)23-11-3-5-19(23)26/h1-2,4,6-10H,3,5,11-13H2,(H,20,25). The van der Waals surface area contributed by atoms with Gasteiger partial charge in [-0.2, -0.15) is 0 Å². The zero-order chi connectivity index (χ0) is 17.9. The number of aromatic nitrogens is 3. The number of anilines is 1. The van der Waals surface area contributed by atoms with Gasteiger partial charge in [0, 0.05) is 24.8 Å². The predicted molar refractivity (Wildman–Crippen MR) is 96.6 cm³/mol. The fraction of sp³-hybridized carbons (Fsp3) is 0.263. The van der Waals surface area contributed by atoms with Crippen LogP contribution >= 0.6 is 0 Å². The van der Waals surface area contributed by atoms with Gasteiger partial charge in [-0.25, -0.2) is 0 Å². The maximum absolute atomic E-state index is 12.2. The molecule has 1 aliphatic rings. The second kappa shape index (κ2) is 6.95. The lowest BCUT2D eigenvalue weighted by molar-refractivity contribution is -0.120. The number of carbonyl (C=O) groups is 2. The number of amides is 2. The Morgan fingerprint density at radius 2 is 1.96 bits per heavy atom. The van der Waals surface area contributed by atoms with Crippen molar-refractivity contribution < 1.29 is 9.59 Å². The number of nitrogens with zero attached hydrogens (tertiary/aromatic N) is 4. The van der Waals surface area contributed by atoms with Crippen LogP contribution < -0.4 is 10.2 Å². The average Bonchev–Trinajstić information content (AvgIpc) is 3.27. The molecule has 0 radical (unpaired) electrons. The Kier molecular flexibility index (Phi) is 4.35. The third kappa shape index (κ3) is 3.28. The topological polar surface area (TPSA) is 79.6 Å². The fourth-order valence-electron chi connectivity index (χ4n) is 3.15. The normalized spacial score (nSPS) is 14.2. The lowest BCUT2D eigenvalue weighted by Crippen LogP contribution is -2.26. The summed E-state index contributed by atoms with van der Waals surface area (Å²) in [4.78, 5) is 25.8. The summed E-state index contributed by atoms with van der Waals surface area (Å²) in [5.74, 6) is 0.774. The minimum Gasteiger partial charge on any atom is -0.348 e. The molecule has 0 saturated carbocycles. The summed E-state index contributed by atoms with van der Waals surface area (Å²) in [5.41, 5.74) is 2.55. The lowest BCUT2D eigenvalue weighted by Gasteiger charge is -2.15. The van der Waals surface area contributed by atoms with Crippen LogP contribution in [0.2, 0.25) is 0 Å². The third-order valence-electron chi connectivity index (χ3n) is 4.51. The van der Waals surface area contributed by atoms with Crippen molar-refractivity contribution in [2.75, 3.05) is 11.4 Å². The Morgan fingerprint density at radius 1 is 1.12 bits per heavy atom. The summed E-state index contributed by atoms with van der Waals surface area (Å²) in [6.07, 6.45) is 3.67. The molecule has 132 valence electrons. The first-order chi connectivity index (χ1) is 12.7. The SMILES string of the molecule is O=C(Cc1ccc(N2CCCC2=O)cc1)NCc1nnc2ccccn12. The molecule has 1 fully saturated rings. The first-order valence-electron chi connectivity index (χ1n) is 8.65. The molecule has 1 aromatic carbocycles. The van der Waals surface area contributed by atoms with Crippen LogP contribution in [-0.4, -0.2) is 33.0 Å². The van der Waals surface area contributed by atoms with E-state index >= 15 is 0 Å². The van der Waals surface area contributed by atoms with E-state index in [1.165, 1.54) is 0 Å². The molecule has 0 spiro atoms. The van der Waals surface area contributed by atoms with Crippen molar-refractivity contribution in [3.05, 3.63) is 60.0 Å². The van der Waals surface area contributed by atoms with E-state index < -0.39 is 0 Å². The van der Waals surface area contributed by atoms with E-state index in [0.29, 0.717) is 18.8 Å². The van der Waals surface area contributed by atoms with Gasteiger partial charge in [0.25, 0.3) is 0 Å². The van der Waals surface area contributed by atoms with Gasteiger partial charge in [0.1, 0.15) is 0 Å². The monoisotopic (exact) mass is 349 g/mol. The number of pyridine rings is 1. The molecular weight excluding hydrogens is 330 g/mol. The molecule has 2 amide bonds. The minimum absolute atomic E-state index is 0.0809. The summed E-state index contributed by atoms with van der Waals surface area (Å²) in [6.45, 7) is 1.09. The molecule has 1 saturated heterocycles. The van der Waals surface area contributed by atoms with Crippen molar-refractivity contribution in [2.45, 2.75) is 25.8 Å². The van der Waals surface area contributed by atoms with Gasteiger partial charge < -0.3 is 10.2 Å². The van der Waals surface area contributed by atoms with Gasteiger partial charge in [-0.3, -0.25) is 14.0 Å². The highest BCUT2D eigenvalue weighted by Gasteiger charge is 2.21. The van der Waals surface area contributed by atoms with Crippen molar-refractivity contribution in [3.63, 3.8) is 0 Å². The van der Waals surface area contributed by atoms with Crippen LogP contribution in [0.4, 0.5) is 5.69 Å². The van der Waals surface area contributed by atoms with Crippen molar-refractivity contribution >= 4 is 23.1 Å². The summed E-state index contributed by atoms with van der Waals surface area (Å²) < 4.78 is 1.85. The van der Waals surface area contributed by atoms with Crippen LogP contribution in [0, 0.1) is 0 Å². The molecule has 0 atom stereocenters. The second-order valence-electron chi connectivity index (χ2n) is 6.31. The molecule has 0 bridgehead atoms. The molecule has 3 heterocycles. The Hall–Kier alpha value is -3.22. The highest BCUT2D eigenvalue weighted by Crippen LogP contribution is 2.21. The molecule has 2 aromatic heterocycles. The van der Waals surface area contributed by atoms with Crippen LogP contribution in [0.15, 0.2) is 48.7 Å². The van der Waals surface area contributed by atoms with E-state index in [0.717, 1.165) is 29.9 Å². The first kappa shape index (κ1) is 16.3. The van der Waals surface area contributed by atoms with E-state index in [1.54, 1.807) is 4.90 Å². The van der Waals surface area contributed by atoms with Gasteiger partial charge in [-0.05, 0) is 36.2 Å². The van der Waals surface area contributed by atoms with Gasteiger partial charge >= 0.3 is 0 Å². The van der Waals surface area contributed by atoms with Gasteiger partial charge in [0.2, 0.25) is 11.8 Å². The van der Waals surface area contributed by atoms with Gasteiger partial charge in [-0.15, -0.1) is 10.2 Å². The minimum atomic E-state index is -0.0809. The third-order valence-corrected chi connectivity index (χ3v) is 4.51. The van der Waals surface area contributed by atoms with E-state index in [1.807, 2.05) is 53.1 Å². The van der Waals surface area contributed by atoms with E-state index in [4.69, 9.17) is 0 Å². The predicted octanol–water partition coefficient (Wildman–Crippen LogP) is 1.71. The fourth-order valence-corrected chi connectivity index (χ4v) is 3.15. The molecule has 3 aromatic rings. The lowest BCUT2D eigenvalue weighted by atomic mass is 10.1. The molecule has 7 heteroatoms. The zero-order valence-electron chi connectivity index (χ0n) is 14.3. The van der Waals surface area contributed by atoms with Crippen molar-refractivity contribution in [2.24, 2.45) is 0 Å². The van der Waals surface area contributed by atoms with Gasteiger partial charge in [0.05, 0.1) is 13.0 Å². The van der Waals surface area contributed by atoms with Crippen LogP contribution in [0.5, 0.6) is 0 Å². The summed E-state index contributed by atoms with van der Waals surface area (Å²) in [7, 11) is 0. The summed E-state index contributed by atoms with van der Waals surface area (Å²) in [6, 6.07) is 13.3. The molecule has 0 aliphatic carbocycles. The number of hydrogen-bond acceptors (Lipinski definition) is 4. The van der Waals surface area contributed by atoms with E-state index in [9.17, 15) is 9.59 Å². The highest BCUT2D eigenvalue weighted by molar-refractivity contribution is 5.95. The Morgan fingerprint density at radius 3 is 2.73 bits per heavy atom. The molecule has 1 N–H and O–H groups in total. The number of hydrogen-bond donors (Lipinski definition) is 1. The molecular formula is C19H19N5O2. The maximum atomic E-state index is 12.2. The van der Waals surface area contributed by atoms with Gasteiger partial charge in [-0.1, -0.05) is 18.2 Å². The summed E-state index contributed by atoms with van der Waals surface area (Å²) >= 11 is 0. The summed E-state index contributed by atoms with van der Waals surface area (Å²) in [5, 5.41) is 11.0. The Bertz CT molecular complexity index is 948. The zero-order valence-corrected chi connectivity index (χ0v) is 14.3. The molecule has 1 aliphatic heterocycles. The quantitative estimate of drug-likeness (QED) is 0.761. The molecule has 26 heavy (non-hydrogen) atoms. The number of rotatable bonds is 5. The van der Waals surface area contributed by atoms with Crippen LogP contribution in [0.25, 0.3) is 5.65 Å². The van der Waals surface area contributed by atoms with Crippen molar-refractivity contribution in [1.82, 2.24) is 19.9 Å².